The number of rotatable bonds is 12. The minimum atomic E-state index is -0.686. The third-order valence-electron chi connectivity index (χ3n) is 6.00. The van der Waals surface area contributed by atoms with Crippen LogP contribution in [-0.4, -0.2) is 35.9 Å². The Hall–Kier alpha value is -3.31. The molecule has 2 amide bonds. The largest absolute Gasteiger partial charge is 0.484 e. The van der Waals surface area contributed by atoms with Gasteiger partial charge >= 0.3 is 0 Å². The molecule has 0 aromatic heterocycles. The van der Waals surface area contributed by atoms with Crippen LogP contribution >= 0.6 is 11.6 Å². The van der Waals surface area contributed by atoms with Crippen LogP contribution in [0.15, 0.2) is 78.9 Å². The van der Waals surface area contributed by atoms with Gasteiger partial charge in [0.25, 0.3) is 5.91 Å². The van der Waals surface area contributed by atoms with Crippen LogP contribution in [-0.2, 0) is 22.6 Å². The summed E-state index contributed by atoms with van der Waals surface area (Å²) < 4.78 is 5.86. The van der Waals surface area contributed by atoms with E-state index in [4.69, 9.17) is 16.3 Å². The second-order valence-corrected chi connectivity index (χ2v) is 9.59. The molecule has 0 aliphatic rings. The van der Waals surface area contributed by atoms with E-state index in [1.165, 1.54) is 5.56 Å². The smallest absolute Gasteiger partial charge is 0.261 e. The molecule has 0 saturated carbocycles. The molecular formula is C30H35ClN2O3. The van der Waals surface area contributed by atoms with E-state index in [0.29, 0.717) is 29.7 Å². The van der Waals surface area contributed by atoms with Crippen LogP contribution in [0.5, 0.6) is 5.75 Å². The Kier molecular flexibility index (Phi) is 10.4. The van der Waals surface area contributed by atoms with Crippen molar-refractivity contribution in [2.24, 2.45) is 0 Å². The Morgan fingerprint density at radius 2 is 1.58 bits per heavy atom. The molecule has 36 heavy (non-hydrogen) atoms. The number of nitrogens with zero attached hydrogens (tertiary/aromatic N) is 1. The highest BCUT2D eigenvalue weighted by Crippen LogP contribution is 2.20. The highest BCUT2D eigenvalue weighted by molar-refractivity contribution is 6.30. The maximum atomic E-state index is 13.6. The van der Waals surface area contributed by atoms with Gasteiger partial charge in [0.05, 0.1) is 0 Å². The Morgan fingerprint density at radius 3 is 2.19 bits per heavy atom. The number of ether oxygens (including phenoxy) is 1. The van der Waals surface area contributed by atoms with E-state index >= 15 is 0 Å². The first-order valence-electron chi connectivity index (χ1n) is 12.5. The summed E-state index contributed by atoms with van der Waals surface area (Å²) in [5.74, 6) is 0.597. The molecule has 3 rings (SSSR count). The van der Waals surface area contributed by atoms with E-state index in [-0.39, 0.29) is 25.0 Å². The average molecular weight is 507 g/mol. The number of hydrogen-bond donors (Lipinski definition) is 1. The van der Waals surface area contributed by atoms with Crippen molar-refractivity contribution in [2.45, 2.75) is 52.1 Å². The number of halogens is 1. The zero-order valence-corrected chi connectivity index (χ0v) is 22.0. The maximum absolute atomic E-state index is 13.6. The Balaban J connectivity index is 1.85. The molecule has 3 aromatic carbocycles. The number of carbonyl (C=O) groups excluding carboxylic acids is 2. The third kappa shape index (κ3) is 8.13. The minimum Gasteiger partial charge on any atom is -0.484 e. The first-order valence-corrected chi connectivity index (χ1v) is 12.8. The molecule has 1 atom stereocenters. The van der Waals surface area contributed by atoms with Gasteiger partial charge in [0, 0.05) is 24.5 Å². The minimum absolute atomic E-state index is 0.166. The SMILES string of the molecule is CCCNC(=O)C(Cc1ccccc1)N(Cc1ccc(Cl)cc1)C(=O)COc1ccc(C(C)C)cc1. The predicted octanol–water partition coefficient (Wildman–Crippen LogP) is 6.01. The van der Waals surface area contributed by atoms with Gasteiger partial charge in [0.15, 0.2) is 6.61 Å². The van der Waals surface area contributed by atoms with E-state index < -0.39 is 6.04 Å². The first kappa shape index (κ1) is 27.3. The molecule has 0 fully saturated rings. The number of amides is 2. The second kappa shape index (κ2) is 13.7. The molecule has 5 nitrogen and oxygen atoms in total. The van der Waals surface area contributed by atoms with E-state index in [0.717, 1.165) is 17.5 Å². The van der Waals surface area contributed by atoms with Crippen LogP contribution in [0.1, 0.15) is 49.8 Å². The molecule has 0 radical (unpaired) electrons. The van der Waals surface area contributed by atoms with Crippen LogP contribution in [0.25, 0.3) is 0 Å². The van der Waals surface area contributed by atoms with Gasteiger partial charge in [-0.25, -0.2) is 0 Å². The topological polar surface area (TPSA) is 58.6 Å². The van der Waals surface area contributed by atoms with Gasteiger partial charge in [-0.15, -0.1) is 0 Å². The molecule has 0 bridgehead atoms. The zero-order chi connectivity index (χ0) is 25.9. The molecule has 1 unspecified atom stereocenters. The lowest BCUT2D eigenvalue weighted by Gasteiger charge is -2.31. The van der Waals surface area contributed by atoms with Crippen molar-refractivity contribution in [3.63, 3.8) is 0 Å². The maximum Gasteiger partial charge on any atom is 0.261 e. The van der Waals surface area contributed by atoms with Gasteiger partial charge in [-0.2, -0.15) is 0 Å². The standard InChI is InChI=1S/C30H35ClN2O3/c1-4-18-32-30(35)28(19-23-8-6-5-7-9-23)33(20-24-10-14-26(31)15-11-24)29(34)21-36-27-16-12-25(13-17-27)22(2)3/h5-17,22,28H,4,18-21H2,1-3H3,(H,32,35). The summed E-state index contributed by atoms with van der Waals surface area (Å²) >= 11 is 6.07. The summed E-state index contributed by atoms with van der Waals surface area (Å²) in [6.45, 7) is 6.91. The number of nitrogens with one attached hydrogen (secondary N) is 1. The predicted molar refractivity (Wildman–Crippen MR) is 145 cm³/mol. The van der Waals surface area contributed by atoms with Crippen molar-refractivity contribution in [3.05, 3.63) is 101 Å². The first-order chi connectivity index (χ1) is 17.4. The fourth-order valence-electron chi connectivity index (χ4n) is 3.88. The van der Waals surface area contributed by atoms with Gasteiger partial charge < -0.3 is 15.0 Å². The van der Waals surface area contributed by atoms with Crippen molar-refractivity contribution >= 4 is 23.4 Å². The van der Waals surface area contributed by atoms with Crippen LogP contribution in [0.2, 0.25) is 5.02 Å². The molecule has 0 heterocycles. The number of carbonyl (C=O) groups is 2. The third-order valence-corrected chi connectivity index (χ3v) is 6.25. The fraction of sp³-hybridized carbons (Fsp3) is 0.333. The van der Waals surface area contributed by atoms with Gasteiger partial charge in [-0.05, 0) is 53.3 Å². The zero-order valence-electron chi connectivity index (χ0n) is 21.2. The summed E-state index contributed by atoms with van der Waals surface area (Å²) in [5, 5.41) is 3.60. The van der Waals surface area contributed by atoms with Crippen molar-refractivity contribution < 1.29 is 14.3 Å². The van der Waals surface area contributed by atoms with Crippen molar-refractivity contribution in [1.29, 1.82) is 0 Å². The summed E-state index contributed by atoms with van der Waals surface area (Å²) in [7, 11) is 0. The quantitative estimate of drug-likeness (QED) is 0.327. The number of hydrogen-bond acceptors (Lipinski definition) is 3. The lowest BCUT2D eigenvalue weighted by molar-refractivity contribution is -0.142. The highest BCUT2D eigenvalue weighted by Gasteiger charge is 2.30. The molecule has 0 aliphatic heterocycles. The Labute approximate surface area is 219 Å². The van der Waals surface area contributed by atoms with Crippen LogP contribution in [0, 0.1) is 0 Å². The molecule has 190 valence electrons. The Bertz CT molecular complexity index is 1100. The lowest BCUT2D eigenvalue weighted by atomic mass is 10.0. The van der Waals surface area contributed by atoms with E-state index in [2.05, 4.69) is 19.2 Å². The van der Waals surface area contributed by atoms with Crippen LogP contribution in [0.4, 0.5) is 0 Å². The average Bonchev–Trinajstić information content (AvgIpc) is 2.89. The van der Waals surface area contributed by atoms with E-state index in [1.54, 1.807) is 17.0 Å². The summed E-state index contributed by atoms with van der Waals surface area (Å²) in [6, 6.07) is 24.1. The van der Waals surface area contributed by atoms with Crippen molar-refractivity contribution in [2.75, 3.05) is 13.2 Å². The number of benzene rings is 3. The Morgan fingerprint density at radius 1 is 0.917 bits per heavy atom. The molecule has 1 N–H and O–H groups in total. The molecule has 0 saturated heterocycles. The molecule has 0 spiro atoms. The molecule has 6 heteroatoms. The molecule has 0 aliphatic carbocycles. The van der Waals surface area contributed by atoms with E-state index in [1.807, 2.05) is 73.7 Å². The van der Waals surface area contributed by atoms with Crippen LogP contribution in [0.3, 0.4) is 0 Å². The van der Waals surface area contributed by atoms with Gasteiger partial charge in [0.1, 0.15) is 11.8 Å². The second-order valence-electron chi connectivity index (χ2n) is 9.16. The van der Waals surface area contributed by atoms with Gasteiger partial charge in [0.2, 0.25) is 5.91 Å². The molecular weight excluding hydrogens is 472 g/mol. The normalized spacial score (nSPS) is 11.7. The summed E-state index contributed by atoms with van der Waals surface area (Å²) in [5.41, 5.74) is 3.07. The lowest BCUT2D eigenvalue weighted by Crippen LogP contribution is -2.51. The monoisotopic (exact) mass is 506 g/mol. The van der Waals surface area contributed by atoms with Gasteiger partial charge in [-0.3, -0.25) is 9.59 Å². The van der Waals surface area contributed by atoms with Gasteiger partial charge in [-0.1, -0.05) is 87.0 Å². The summed E-state index contributed by atoms with van der Waals surface area (Å²) in [4.78, 5) is 28.5. The van der Waals surface area contributed by atoms with Crippen LogP contribution < -0.4 is 10.1 Å². The fourth-order valence-corrected chi connectivity index (χ4v) is 4.01. The highest BCUT2D eigenvalue weighted by atomic mass is 35.5. The molecule has 3 aromatic rings. The summed E-state index contributed by atoms with van der Waals surface area (Å²) in [6.07, 6.45) is 1.21. The van der Waals surface area contributed by atoms with E-state index in [9.17, 15) is 9.59 Å². The van der Waals surface area contributed by atoms with Crippen molar-refractivity contribution in [3.8, 4) is 5.75 Å². The van der Waals surface area contributed by atoms with Crippen molar-refractivity contribution in [1.82, 2.24) is 10.2 Å².